The van der Waals surface area contributed by atoms with Crippen LogP contribution < -0.4 is 15.7 Å². The smallest absolute Gasteiger partial charge is 0.416 e. The van der Waals surface area contributed by atoms with E-state index in [4.69, 9.17) is 17.8 Å². The highest BCUT2D eigenvalue weighted by atomic mass is 16.6. The monoisotopic (exact) mass is 444 g/mol. The summed E-state index contributed by atoms with van der Waals surface area (Å²) in [5.74, 6) is 0.723. The van der Waals surface area contributed by atoms with Gasteiger partial charge in [-0.3, -0.25) is 9.69 Å². The highest BCUT2D eigenvalue weighted by Gasteiger charge is 2.30. The summed E-state index contributed by atoms with van der Waals surface area (Å²) in [4.78, 5) is 30.8. The molecular weight excluding hydrogens is 419 g/mol. The molecule has 0 aliphatic heterocycles. The summed E-state index contributed by atoms with van der Waals surface area (Å²) in [6.07, 6.45) is 2.15. The van der Waals surface area contributed by atoms with Gasteiger partial charge in [-0.1, -0.05) is 12.4 Å². The standard InChI is InChI=1S/C23H25BN6O3/c1-6-14(2)29(22(32)33-23(3,4)5)20-10-19(28-21-16(13-31)12-26-30(20)21)27-18-8-7-15(11-25)9-17(18)24/h7-10,12-14H,6H2,1-5H3,(H,27,28). The lowest BCUT2D eigenvalue weighted by Gasteiger charge is -2.31. The molecule has 0 saturated carbocycles. The number of rotatable bonds is 6. The Balaban J connectivity index is 2.17. The van der Waals surface area contributed by atoms with Crippen molar-refractivity contribution in [3.05, 3.63) is 41.6 Å². The van der Waals surface area contributed by atoms with Crippen molar-refractivity contribution in [3.63, 3.8) is 0 Å². The predicted octanol–water partition coefficient (Wildman–Crippen LogP) is 3.49. The van der Waals surface area contributed by atoms with Crippen molar-refractivity contribution in [1.29, 1.82) is 5.26 Å². The third-order valence-corrected chi connectivity index (χ3v) is 4.92. The maximum absolute atomic E-state index is 13.2. The second kappa shape index (κ2) is 9.32. The molecule has 168 valence electrons. The Morgan fingerprint density at radius 1 is 1.39 bits per heavy atom. The van der Waals surface area contributed by atoms with Crippen LogP contribution in [0.1, 0.15) is 57.0 Å². The first-order chi connectivity index (χ1) is 15.6. The number of aldehydes is 1. The van der Waals surface area contributed by atoms with Crippen molar-refractivity contribution in [2.75, 3.05) is 10.2 Å². The van der Waals surface area contributed by atoms with Gasteiger partial charge in [0.2, 0.25) is 0 Å². The van der Waals surface area contributed by atoms with Crippen LogP contribution in [0.25, 0.3) is 5.65 Å². The van der Waals surface area contributed by atoms with Gasteiger partial charge >= 0.3 is 6.09 Å². The number of fused-ring (bicyclic) bond motifs is 1. The van der Waals surface area contributed by atoms with Crippen LogP contribution in [-0.2, 0) is 4.74 Å². The van der Waals surface area contributed by atoms with Crippen molar-refractivity contribution in [3.8, 4) is 6.07 Å². The van der Waals surface area contributed by atoms with Crippen molar-refractivity contribution in [1.82, 2.24) is 14.6 Å². The normalized spacial score (nSPS) is 12.1. The van der Waals surface area contributed by atoms with E-state index in [0.29, 0.717) is 41.1 Å². The quantitative estimate of drug-likeness (QED) is 0.458. The van der Waals surface area contributed by atoms with Gasteiger partial charge in [-0.25, -0.2) is 9.78 Å². The minimum absolute atomic E-state index is 0.234. The number of hydrogen-bond donors (Lipinski definition) is 1. The fraction of sp³-hybridized carbons (Fsp3) is 0.348. The predicted molar refractivity (Wildman–Crippen MR) is 127 cm³/mol. The Labute approximate surface area is 193 Å². The zero-order valence-corrected chi connectivity index (χ0v) is 19.3. The molecule has 2 radical (unpaired) electrons. The molecule has 2 heterocycles. The van der Waals surface area contributed by atoms with Gasteiger partial charge in [-0.15, -0.1) is 0 Å². The van der Waals surface area contributed by atoms with Crippen molar-refractivity contribution in [2.24, 2.45) is 0 Å². The van der Waals surface area contributed by atoms with E-state index in [9.17, 15) is 9.59 Å². The molecule has 0 aliphatic carbocycles. The Hall–Kier alpha value is -3.87. The molecule has 1 aromatic carbocycles. The fourth-order valence-corrected chi connectivity index (χ4v) is 3.16. The van der Waals surface area contributed by atoms with Gasteiger partial charge in [0.25, 0.3) is 0 Å². The SMILES string of the molecule is [B]c1cc(C#N)ccc1Nc1cc(N(C(=O)OC(C)(C)C)C(C)CC)n2ncc(C=O)c2n1. The second-order valence-corrected chi connectivity index (χ2v) is 8.60. The Morgan fingerprint density at radius 2 is 2.12 bits per heavy atom. The number of hydrogen-bond acceptors (Lipinski definition) is 7. The molecular formula is C23H25BN6O3. The summed E-state index contributed by atoms with van der Waals surface area (Å²) in [7, 11) is 6.08. The van der Waals surface area contributed by atoms with E-state index in [2.05, 4.69) is 15.4 Å². The van der Waals surface area contributed by atoms with E-state index in [0.717, 1.165) is 0 Å². The second-order valence-electron chi connectivity index (χ2n) is 8.60. The average molecular weight is 444 g/mol. The number of carbonyl (C=O) groups excluding carboxylic acids is 2. The maximum atomic E-state index is 13.2. The number of nitrogens with zero attached hydrogens (tertiary/aromatic N) is 5. The summed E-state index contributed by atoms with van der Waals surface area (Å²) >= 11 is 0. The van der Waals surface area contributed by atoms with E-state index in [1.165, 1.54) is 15.6 Å². The van der Waals surface area contributed by atoms with E-state index in [-0.39, 0.29) is 17.3 Å². The zero-order chi connectivity index (χ0) is 24.3. The number of nitriles is 1. The summed E-state index contributed by atoms with van der Waals surface area (Å²) < 4.78 is 7.08. The van der Waals surface area contributed by atoms with Crippen LogP contribution in [-0.4, -0.2) is 46.5 Å². The number of nitrogens with one attached hydrogen (secondary N) is 1. The lowest BCUT2D eigenvalue weighted by molar-refractivity contribution is 0.0565. The van der Waals surface area contributed by atoms with E-state index >= 15 is 0 Å². The number of benzene rings is 1. The molecule has 3 aromatic rings. The summed E-state index contributed by atoms with van der Waals surface area (Å²) in [6.45, 7) is 9.23. The van der Waals surface area contributed by atoms with Gasteiger partial charge in [-0.2, -0.15) is 14.9 Å². The van der Waals surface area contributed by atoms with Gasteiger partial charge in [0.05, 0.1) is 23.4 Å². The largest absolute Gasteiger partial charge is 0.443 e. The molecule has 10 heteroatoms. The molecule has 33 heavy (non-hydrogen) atoms. The summed E-state index contributed by atoms with van der Waals surface area (Å²) in [5.41, 5.74) is 1.14. The first kappa shape index (κ1) is 23.8. The first-order valence-electron chi connectivity index (χ1n) is 10.5. The average Bonchev–Trinajstić information content (AvgIpc) is 3.17. The third-order valence-electron chi connectivity index (χ3n) is 4.92. The van der Waals surface area contributed by atoms with Gasteiger partial charge in [0.1, 0.15) is 25.1 Å². The Kier molecular flexibility index (Phi) is 6.72. The molecule has 1 atom stereocenters. The van der Waals surface area contributed by atoms with Crippen molar-refractivity contribution in [2.45, 2.75) is 52.7 Å². The number of carbonyl (C=O) groups is 2. The Bertz CT molecular complexity index is 1240. The topological polar surface area (TPSA) is 113 Å². The van der Waals surface area contributed by atoms with E-state index in [1.807, 2.05) is 19.9 Å². The molecule has 9 nitrogen and oxygen atoms in total. The molecule has 2 aromatic heterocycles. The zero-order valence-electron chi connectivity index (χ0n) is 19.3. The number of anilines is 3. The van der Waals surface area contributed by atoms with Crippen LogP contribution in [0, 0.1) is 11.3 Å². The van der Waals surface area contributed by atoms with Gasteiger partial charge in [0.15, 0.2) is 11.9 Å². The summed E-state index contributed by atoms with van der Waals surface area (Å²) in [5, 5.41) is 16.5. The van der Waals surface area contributed by atoms with E-state index < -0.39 is 11.7 Å². The van der Waals surface area contributed by atoms with Crippen LogP contribution in [0.4, 0.5) is 22.1 Å². The van der Waals surface area contributed by atoms with Gasteiger partial charge in [0, 0.05) is 17.8 Å². The van der Waals surface area contributed by atoms with E-state index in [1.54, 1.807) is 45.0 Å². The molecule has 0 aliphatic rings. The molecule has 0 saturated heterocycles. The number of amides is 1. The summed E-state index contributed by atoms with van der Waals surface area (Å²) in [6, 6.07) is 8.28. The lowest BCUT2D eigenvalue weighted by atomic mass is 9.92. The minimum atomic E-state index is -0.703. The minimum Gasteiger partial charge on any atom is -0.443 e. The van der Waals surface area contributed by atoms with Gasteiger partial charge < -0.3 is 10.1 Å². The fourth-order valence-electron chi connectivity index (χ4n) is 3.16. The van der Waals surface area contributed by atoms with Crippen LogP contribution in [0.5, 0.6) is 0 Å². The molecule has 1 N–H and O–H groups in total. The molecule has 1 amide bonds. The Morgan fingerprint density at radius 3 is 2.70 bits per heavy atom. The van der Waals surface area contributed by atoms with Crippen LogP contribution in [0.3, 0.4) is 0 Å². The highest BCUT2D eigenvalue weighted by molar-refractivity contribution is 6.36. The molecule has 0 bridgehead atoms. The molecule has 0 spiro atoms. The maximum Gasteiger partial charge on any atom is 0.416 e. The van der Waals surface area contributed by atoms with Crippen molar-refractivity contribution < 1.29 is 14.3 Å². The lowest BCUT2D eigenvalue weighted by Crippen LogP contribution is -2.43. The highest BCUT2D eigenvalue weighted by Crippen LogP contribution is 2.27. The first-order valence-corrected chi connectivity index (χ1v) is 10.5. The van der Waals surface area contributed by atoms with Crippen LogP contribution in [0.2, 0.25) is 0 Å². The van der Waals surface area contributed by atoms with Crippen LogP contribution in [0.15, 0.2) is 30.5 Å². The number of aromatic nitrogens is 3. The third kappa shape index (κ3) is 5.14. The number of ether oxygens (including phenoxy) is 1. The molecule has 3 rings (SSSR count). The molecule has 1 unspecified atom stereocenters. The van der Waals surface area contributed by atoms with Crippen LogP contribution >= 0.6 is 0 Å². The van der Waals surface area contributed by atoms with Gasteiger partial charge in [-0.05, 0) is 52.3 Å². The molecule has 0 fully saturated rings. The van der Waals surface area contributed by atoms with Crippen molar-refractivity contribution >= 4 is 48.7 Å².